The van der Waals surface area contributed by atoms with Crippen LogP contribution in [-0.2, 0) is 12.8 Å². The van der Waals surface area contributed by atoms with E-state index < -0.39 is 0 Å². The molecule has 5 rings (SSSR count). The number of nitrogens with one attached hydrogen (secondary N) is 1. The van der Waals surface area contributed by atoms with Gasteiger partial charge in [0.1, 0.15) is 0 Å². The molecular formula is C33H41N. The van der Waals surface area contributed by atoms with Crippen LogP contribution in [-0.4, -0.2) is 12.1 Å². The van der Waals surface area contributed by atoms with Crippen molar-refractivity contribution < 1.29 is 0 Å². The number of aryl methyl sites for hydroxylation is 2. The second-order valence-electron chi connectivity index (χ2n) is 10.9. The van der Waals surface area contributed by atoms with Gasteiger partial charge in [0.05, 0.1) is 0 Å². The molecule has 0 spiro atoms. The van der Waals surface area contributed by atoms with Gasteiger partial charge in [0, 0.05) is 12.1 Å². The molecule has 0 amide bonds. The Morgan fingerprint density at radius 2 is 1.15 bits per heavy atom. The Kier molecular flexibility index (Phi) is 7.81. The molecule has 0 bridgehead atoms. The third kappa shape index (κ3) is 5.63. The molecule has 1 heteroatoms. The van der Waals surface area contributed by atoms with Gasteiger partial charge >= 0.3 is 0 Å². The molecule has 2 atom stereocenters. The van der Waals surface area contributed by atoms with Crippen LogP contribution >= 0.6 is 0 Å². The molecule has 0 radical (unpaired) electrons. The van der Waals surface area contributed by atoms with E-state index in [0.717, 1.165) is 0 Å². The lowest BCUT2D eigenvalue weighted by Crippen LogP contribution is -2.49. The molecule has 3 aromatic carbocycles. The molecule has 2 aliphatic rings. The summed E-state index contributed by atoms with van der Waals surface area (Å²) in [5, 5.41) is 4.33. The van der Waals surface area contributed by atoms with Crippen molar-refractivity contribution in [3.05, 3.63) is 108 Å². The van der Waals surface area contributed by atoms with Crippen LogP contribution in [0.25, 0.3) is 0 Å². The minimum absolute atomic E-state index is 0.337. The average Bonchev–Trinajstić information content (AvgIpc) is 3.26. The zero-order valence-corrected chi connectivity index (χ0v) is 20.7. The van der Waals surface area contributed by atoms with Gasteiger partial charge in [-0.05, 0) is 79.4 Å². The quantitative estimate of drug-likeness (QED) is 0.346. The second-order valence-corrected chi connectivity index (χ2v) is 10.9. The molecule has 0 saturated heterocycles. The standard InChI is InChI=1S/C33H41N/c1-5-13-27(14-6-1)21-24-33(25-22-28-15-7-2-8-16-28)26-23-31(29-17-9-3-10-18-29)32(33)34-30-19-11-4-12-20-30/h1-3,5-10,13-18,30-32,34H,4,11-12,19-26H2/t31-,32-/m0/s1. The Morgan fingerprint density at radius 3 is 1.71 bits per heavy atom. The summed E-state index contributed by atoms with van der Waals surface area (Å²) in [4.78, 5) is 0. The molecule has 0 heterocycles. The minimum atomic E-state index is 0.337. The van der Waals surface area contributed by atoms with E-state index in [4.69, 9.17) is 0 Å². The van der Waals surface area contributed by atoms with Gasteiger partial charge in [0.25, 0.3) is 0 Å². The monoisotopic (exact) mass is 451 g/mol. The van der Waals surface area contributed by atoms with Crippen LogP contribution in [0.1, 0.15) is 80.4 Å². The molecule has 3 aromatic rings. The summed E-state index contributed by atoms with van der Waals surface area (Å²) in [7, 11) is 0. The zero-order valence-electron chi connectivity index (χ0n) is 20.7. The van der Waals surface area contributed by atoms with E-state index in [2.05, 4.69) is 96.3 Å². The van der Waals surface area contributed by atoms with Gasteiger partial charge in [-0.25, -0.2) is 0 Å². The first-order chi connectivity index (χ1) is 16.8. The highest BCUT2D eigenvalue weighted by atomic mass is 15.0. The van der Waals surface area contributed by atoms with Crippen LogP contribution in [0.5, 0.6) is 0 Å². The summed E-state index contributed by atoms with van der Waals surface area (Å²) >= 11 is 0. The summed E-state index contributed by atoms with van der Waals surface area (Å²) < 4.78 is 0. The van der Waals surface area contributed by atoms with Crippen LogP contribution in [0, 0.1) is 5.41 Å². The lowest BCUT2D eigenvalue weighted by atomic mass is 9.71. The maximum atomic E-state index is 4.33. The SMILES string of the molecule is c1ccc(CCC2(CCc3ccccc3)CC[C@@H](c3ccccc3)[C@@H]2NC2CCCCC2)cc1. The Hall–Kier alpha value is -2.38. The van der Waals surface area contributed by atoms with Crippen molar-refractivity contribution in [1.29, 1.82) is 0 Å². The Balaban J connectivity index is 1.44. The first-order valence-electron chi connectivity index (χ1n) is 13.7. The van der Waals surface area contributed by atoms with E-state index in [-0.39, 0.29) is 0 Å². The minimum Gasteiger partial charge on any atom is -0.310 e. The number of rotatable bonds is 9. The largest absolute Gasteiger partial charge is 0.310 e. The van der Waals surface area contributed by atoms with Gasteiger partial charge < -0.3 is 5.32 Å². The molecular weight excluding hydrogens is 410 g/mol. The molecule has 2 fully saturated rings. The molecule has 1 nitrogen and oxygen atoms in total. The average molecular weight is 452 g/mol. The first kappa shape index (κ1) is 23.4. The lowest BCUT2D eigenvalue weighted by molar-refractivity contribution is 0.159. The van der Waals surface area contributed by atoms with Crippen molar-refractivity contribution in [2.24, 2.45) is 5.41 Å². The smallest absolute Gasteiger partial charge is 0.0195 e. The summed E-state index contributed by atoms with van der Waals surface area (Å²) in [5.41, 5.74) is 4.85. The zero-order chi connectivity index (χ0) is 23.1. The molecule has 0 aromatic heterocycles. The van der Waals surface area contributed by atoms with Gasteiger partial charge in [-0.2, -0.15) is 0 Å². The van der Waals surface area contributed by atoms with E-state index >= 15 is 0 Å². The van der Waals surface area contributed by atoms with Crippen molar-refractivity contribution in [2.45, 2.75) is 88.6 Å². The van der Waals surface area contributed by atoms with Gasteiger partial charge in [-0.1, -0.05) is 110 Å². The summed E-state index contributed by atoms with van der Waals surface area (Å²) in [6.45, 7) is 0. The molecule has 0 aliphatic heterocycles. The number of benzene rings is 3. The highest BCUT2D eigenvalue weighted by molar-refractivity contribution is 5.26. The van der Waals surface area contributed by atoms with Crippen LogP contribution in [0.4, 0.5) is 0 Å². The van der Waals surface area contributed by atoms with Crippen molar-refractivity contribution in [1.82, 2.24) is 5.32 Å². The van der Waals surface area contributed by atoms with Crippen LogP contribution in [0.3, 0.4) is 0 Å². The normalized spacial score (nSPS) is 22.6. The fraction of sp³-hybridized carbons (Fsp3) is 0.455. The highest BCUT2D eigenvalue weighted by Crippen LogP contribution is 2.52. The van der Waals surface area contributed by atoms with Gasteiger partial charge in [0.2, 0.25) is 0 Å². The van der Waals surface area contributed by atoms with E-state index in [0.29, 0.717) is 23.4 Å². The van der Waals surface area contributed by atoms with E-state index in [1.165, 1.54) is 87.3 Å². The molecule has 0 unspecified atom stereocenters. The molecule has 2 aliphatic carbocycles. The van der Waals surface area contributed by atoms with Crippen LogP contribution in [0.15, 0.2) is 91.0 Å². The van der Waals surface area contributed by atoms with Gasteiger partial charge in [-0.15, -0.1) is 0 Å². The van der Waals surface area contributed by atoms with Crippen LogP contribution in [0.2, 0.25) is 0 Å². The van der Waals surface area contributed by atoms with Crippen molar-refractivity contribution in [2.75, 3.05) is 0 Å². The Labute approximate surface area is 207 Å². The fourth-order valence-electron chi connectivity index (χ4n) is 6.83. The van der Waals surface area contributed by atoms with E-state index in [9.17, 15) is 0 Å². The molecule has 178 valence electrons. The molecule has 2 saturated carbocycles. The first-order valence-corrected chi connectivity index (χ1v) is 13.7. The number of hydrogen-bond donors (Lipinski definition) is 1. The van der Waals surface area contributed by atoms with Crippen LogP contribution < -0.4 is 5.32 Å². The van der Waals surface area contributed by atoms with Crippen molar-refractivity contribution in [3.63, 3.8) is 0 Å². The Bertz CT molecular complexity index is 931. The third-order valence-electron chi connectivity index (χ3n) is 8.77. The molecule has 34 heavy (non-hydrogen) atoms. The molecule has 1 N–H and O–H groups in total. The summed E-state index contributed by atoms with van der Waals surface area (Å²) in [6, 6.07) is 35.0. The maximum Gasteiger partial charge on any atom is 0.0195 e. The fourth-order valence-corrected chi connectivity index (χ4v) is 6.83. The van der Waals surface area contributed by atoms with Gasteiger partial charge in [0.15, 0.2) is 0 Å². The maximum absolute atomic E-state index is 4.33. The summed E-state index contributed by atoms with van der Waals surface area (Å²) in [5.74, 6) is 0.620. The van der Waals surface area contributed by atoms with E-state index in [1.807, 2.05) is 0 Å². The number of hydrogen-bond acceptors (Lipinski definition) is 1. The Morgan fingerprint density at radius 1 is 0.618 bits per heavy atom. The predicted octanol–water partition coefficient (Wildman–Crippen LogP) is 8.11. The van der Waals surface area contributed by atoms with Crippen molar-refractivity contribution in [3.8, 4) is 0 Å². The second kappa shape index (κ2) is 11.4. The lowest BCUT2D eigenvalue weighted by Gasteiger charge is -2.42. The van der Waals surface area contributed by atoms with Gasteiger partial charge in [-0.3, -0.25) is 0 Å². The van der Waals surface area contributed by atoms with Crippen molar-refractivity contribution >= 4 is 0 Å². The predicted molar refractivity (Wildman–Crippen MR) is 144 cm³/mol. The highest BCUT2D eigenvalue weighted by Gasteiger charge is 2.48. The van der Waals surface area contributed by atoms with E-state index in [1.54, 1.807) is 0 Å². The topological polar surface area (TPSA) is 12.0 Å². The third-order valence-corrected chi connectivity index (χ3v) is 8.77. The summed E-state index contributed by atoms with van der Waals surface area (Å²) in [6.07, 6.45) is 14.4.